The Hall–Kier alpha value is -1.39. The van der Waals surface area contributed by atoms with E-state index < -0.39 is 0 Å². The van der Waals surface area contributed by atoms with Gasteiger partial charge < -0.3 is 10.1 Å². The van der Waals surface area contributed by atoms with Gasteiger partial charge in [-0.3, -0.25) is 0 Å². The second kappa shape index (κ2) is 5.98. The zero-order chi connectivity index (χ0) is 13.0. The number of nitrogens with zero attached hydrogens (tertiary/aromatic N) is 1. The molecule has 0 saturated carbocycles. The first-order valence-corrected chi connectivity index (χ1v) is 6.81. The van der Waals surface area contributed by atoms with Crippen molar-refractivity contribution in [2.24, 2.45) is 0 Å². The lowest BCUT2D eigenvalue weighted by Crippen LogP contribution is -2.09. The number of hydrogen-bond acceptors (Lipinski definition) is 4. The van der Waals surface area contributed by atoms with Crippen LogP contribution in [0, 0.1) is 6.92 Å². The summed E-state index contributed by atoms with van der Waals surface area (Å²) < 4.78 is 5.17. The van der Waals surface area contributed by atoms with E-state index in [1.807, 2.05) is 19.2 Å². The lowest BCUT2D eigenvalue weighted by Gasteiger charge is -2.01. The fourth-order valence-electron chi connectivity index (χ4n) is 1.80. The minimum Gasteiger partial charge on any atom is -0.497 e. The van der Waals surface area contributed by atoms with Gasteiger partial charge >= 0.3 is 0 Å². The van der Waals surface area contributed by atoms with Gasteiger partial charge in [0.1, 0.15) is 5.75 Å². The van der Waals surface area contributed by atoms with Crippen LogP contribution < -0.4 is 10.1 Å². The van der Waals surface area contributed by atoms with Gasteiger partial charge in [-0.15, -0.1) is 11.3 Å². The summed E-state index contributed by atoms with van der Waals surface area (Å²) in [6.45, 7) is 3.04. The summed E-state index contributed by atoms with van der Waals surface area (Å²) in [6.07, 6.45) is 0.984. The number of thiazole rings is 1. The van der Waals surface area contributed by atoms with E-state index in [1.54, 1.807) is 18.4 Å². The van der Waals surface area contributed by atoms with Crippen molar-refractivity contribution in [3.05, 3.63) is 35.0 Å². The number of likely N-dealkylation sites (N-methyl/N-ethyl adjacent to an activating group) is 1. The first kappa shape index (κ1) is 13.1. The van der Waals surface area contributed by atoms with Crippen LogP contribution in [0.5, 0.6) is 5.75 Å². The maximum atomic E-state index is 5.17. The van der Waals surface area contributed by atoms with Crippen molar-refractivity contribution < 1.29 is 4.74 Å². The molecule has 0 saturated heterocycles. The van der Waals surface area contributed by atoms with Gasteiger partial charge in [-0.1, -0.05) is 0 Å². The van der Waals surface area contributed by atoms with E-state index in [1.165, 1.54) is 15.4 Å². The van der Waals surface area contributed by atoms with Crippen LogP contribution in [0.15, 0.2) is 24.3 Å². The Morgan fingerprint density at radius 1 is 1.28 bits per heavy atom. The number of hydrogen-bond donors (Lipinski definition) is 1. The molecule has 0 aliphatic heterocycles. The summed E-state index contributed by atoms with van der Waals surface area (Å²) in [5.41, 5.74) is 2.32. The van der Waals surface area contributed by atoms with Crippen LogP contribution in [0.25, 0.3) is 10.4 Å². The zero-order valence-electron chi connectivity index (χ0n) is 11.0. The highest BCUT2D eigenvalue weighted by molar-refractivity contribution is 7.15. The van der Waals surface area contributed by atoms with Crippen LogP contribution in [0.3, 0.4) is 0 Å². The van der Waals surface area contributed by atoms with Gasteiger partial charge in [0, 0.05) is 13.0 Å². The number of aromatic nitrogens is 1. The van der Waals surface area contributed by atoms with Gasteiger partial charge in [-0.2, -0.15) is 0 Å². The largest absolute Gasteiger partial charge is 0.497 e. The van der Waals surface area contributed by atoms with Crippen molar-refractivity contribution >= 4 is 11.3 Å². The molecule has 0 atom stereocenters. The quantitative estimate of drug-likeness (QED) is 0.899. The molecule has 1 heterocycles. The van der Waals surface area contributed by atoms with Crippen molar-refractivity contribution in [2.75, 3.05) is 20.7 Å². The second-order valence-corrected chi connectivity index (χ2v) is 5.19. The average molecular weight is 262 g/mol. The van der Waals surface area contributed by atoms with Crippen LogP contribution in [-0.4, -0.2) is 25.7 Å². The number of methoxy groups -OCH3 is 1. The van der Waals surface area contributed by atoms with E-state index in [0.29, 0.717) is 0 Å². The molecule has 0 unspecified atom stereocenters. The molecule has 96 valence electrons. The number of rotatable bonds is 5. The van der Waals surface area contributed by atoms with E-state index in [-0.39, 0.29) is 0 Å². The van der Waals surface area contributed by atoms with Crippen molar-refractivity contribution in [2.45, 2.75) is 13.3 Å². The molecule has 0 aliphatic rings. The molecule has 1 aromatic carbocycles. The maximum Gasteiger partial charge on any atom is 0.118 e. The molecule has 0 aliphatic carbocycles. The Balaban J connectivity index is 2.23. The van der Waals surface area contributed by atoms with Crippen LogP contribution in [0.1, 0.15) is 10.7 Å². The Morgan fingerprint density at radius 3 is 2.61 bits per heavy atom. The van der Waals surface area contributed by atoms with Crippen molar-refractivity contribution in [1.29, 1.82) is 0 Å². The molecule has 1 aromatic heterocycles. The third-order valence-electron chi connectivity index (χ3n) is 2.78. The molecule has 0 amide bonds. The third-order valence-corrected chi connectivity index (χ3v) is 4.05. The predicted octanol–water partition coefficient (Wildman–Crippen LogP) is 2.89. The third kappa shape index (κ3) is 2.89. The Kier molecular flexibility index (Phi) is 4.33. The van der Waals surface area contributed by atoms with Gasteiger partial charge in [0.25, 0.3) is 0 Å². The van der Waals surface area contributed by atoms with E-state index in [2.05, 4.69) is 29.4 Å². The van der Waals surface area contributed by atoms with Gasteiger partial charge in [-0.05, 0) is 43.8 Å². The molecule has 0 spiro atoms. The van der Waals surface area contributed by atoms with Gasteiger partial charge in [0.05, 0.1) is 22.7 Å². The standard InChI is InChI=1S/C14H18N2OS/c1-10-14(18-13(16-10)8-9-15-2)11-4-6-12(17-3)7-5-11/h4-7,15H,8-9H2,1-3H3. The number of benzene rings is 1. The molecule has 18 heavy (non-hydrogen) atoms. The fraction of sp³-hybridized carbons (Fsp3) is 0.357. The molecule has 0 radical (unpaired) electrons. The Labute approximate surface area is 112 Å². The molecule has 2 rings (SSSR count). The van der Waals surface area contributed by atoms with Crippen LogP contribution in [0.2, 0.25) is 0 Å². The Morgan fingerprint density at radius 2 is 2.00 bits per heavy atom. The Bertz CT molecular complexity index is 505. The second-order valence-electron chi connectivity index (χ2n) is 4.10. The first-order valence-electron chi connectivity index (χ1n) is 6.00. The molecule has 3 nitrogen and oxygen atoms in total. The van der Waals surface area contributed by atoms with Gasteiger partial charge in [0.15, 0.2) is 0 Å². The molecule has 2 aromatic rings. The number of aryl methyl sites for hydroxylation is 1. The highest BCUT2D eigenvalue weighted by Gasteiger charge is 2.09. The van der Waals surface area contributed by atoms with E-state index in [4.69, 9.17) is 4.74 Å². The van der Waals surface area contributed by atoms with Crippen molar-refractivity contribution in [3.8, 4) is 16.2 Å². The molecule has 0 bridgehead atoms. The molecule has 0 fully saturated rings. The van der Waals surface area contributed by atoms with Crippen LogP contribution >= 0.6 is 11.3 Å². The van der Waals surface area contributed by atoms with Gasteiger partial charge in [0.2, 0.25) is 0 Å². The van der Waals surface area contributed by atoms with E-state index in [9.17, 15) is 0 Å². The lowest BCUT2D eigenvalue weighted by atomic mass is 10.1. The number of ether oxygens (including phenoxy) is 1. The topological polar surface area (TPSA) is 34.2 Å². The maximum absolute atomic E-state index is 5.17. The SMILES string of the molecule is CNCCc1nc(C)c(-c2ccc(OC)cc2)s1. The highest BCUT2D eigenvalue weighted by atomic mass is 32.1. The van der Waals surface area contributed by atoms with Crippen molar-refractivity contribution in [1.82, 2.24) is 10.3 Å². The van der Waals surface area contributed by atoms with Gasteiger partial charge in [-0.25, -0.2) is 4.98 Å². The lowest BCUT2D eigenvalue weighted by molar-refractivity contribution is 0.415. The summed E-state index contributed by atoms with van der Waals surface area (Å²) >= 11 is 1.77. The molecular weight excluding hydrogens is 244 g/mol. The fourth-order valence-corrected chi connectivity index (χ4v) is 2.87. The van der Waals surface area contributed by atoms with E-state index >= 15 is 0 Å². The smallest absolute Gasteiger partial charge is 0.118 e. The summed E-state index contributed by atoms with van der Waals surface area (Å²) in [7, 11) is 3.65. The minimum absolute atomic E-state index is 0.885. The summed E-state index contributed by atoms with van der Waals surface area (Å²) in [4.78, 5) is 5.87. The monoisotopic (exact) mass is 262 g/mol. The van der Waals surface area contributed by atoms with Crippen LogP contribution in [-0.2, 0) is 6.42 Å². The van der Waals surface area contributed by atoms with Crippen LogP contribution in [0.4, 0.5) is 0 Å². The summed E-state index contributed by atoms with van der Waals surface area (Å²) in [5.74, 6) is 0.885. The minimum atomic E-state index is 0.885. The average Bonchev–Trinajstić information content (AvgIpc) is 2.78. The highest BCUT2D eigenvalue weighted by Crippen LogP contribution is 2.31. The summed E-state index contributed by atoms with van der Waals surface area (Å²) in [5, 5.41) is 4.34. The summed E-state index contributed by atoms with van der Waals surface area (Å²) in [6, 6.07) is 8.14. The first-order chi connectivity index (χ1) is 8.74. The normalized spacial score (nSPS) is 10.6. The zero-order valence-corrected chi connectivity index (χ0v) is 11.8. The van der Waals surface area contributed by atoms with Crippen molar-refractivity contribution in [3.63, 3.8) is 0 Å². The predicted molar refractivity (Wildman–Crippen MR) is 76.5 cm³/mol. The molecule has 4 heteroatoms. The number of nitrogens with one attached hydrogen (secondary N) is 1. The molecule has 1 N–H and O–H groups in total. The molecular formula is C14H18N2OS. The van der Waals surface area contributed by atoms with E-state index in [0.717, 1.165) is 24.4 Å².